The highest BCUT2D eigenvalue weighted by molar-refractivity contribution is 5.78. The van der Waals surface area contributed by atoms with Gasteiger partial charge in [-0.1, -0.05) is 6.08 Å². The molecule has 0 aromatic rings. The highest BCUT2D eigenvalue weighted by Gasteiger charge is 2.43. The first kappa shape index (κ1) is 10.9. The van der Waals surface area contributed by atoms with Gasteiger partial charge >= 0.3 is 18.4 Å². The number of halogens is 1. The summed E-state index contributed by atoms with van der Waals surface area (Å²) in [6.45, 7) is 2.66. The SMILES string of the molecule is CC1=CCN2CC1N(OC(F)C(=O)O)C2=O. The van der Waals surface area contributed by atoms with Crippen molar-refractivity contribution < 1.29 is 23.9 Å². The van der Waals surface area contributed by atoms with Crippen LogP contribution in [0.25, 0.3) is 0 Å². The zero-order valence-corrected chi connectivity index (χ0v) is 8.59. The minimum absolute atomic E-state index is 0.390. The van der Waals surface area contributed by atoms with Gasteiger partial charge in [-0.3, -0.25) is 0 Å². The molecule has 2 amide bonds. The molecule has 2 unspecified atom stereocenters. The average Bonchev–Trinajstić information content (AvgIpc) is 2.49. The fourth-order valence-corrected chi connectivity index (χ4v) is 1.77. The molecule has 2 aliphatic rings. The molecule has 6 nitrogen and oxygen atoms in total. The summed E-state index contributed by atoms with van der Waals surface area (Å²) in [5.41, 5.74) is 0.875. The van der Waals surface area contributed by atoms with E-state index in [1.807, 2.05) is 6.08 Å². The summed E-state index contributed by atoms with van der Waals surface area (Å²) in [6, 6.07) is -0.888. The molecule has 2 rings (SSSR count). The predicted octanol–water partition coefficient (Wildman–Crippen LogP) is 0.364. The van der Waals surface area contributed by atoms with Gasteiger partial charge in [0.05, 0.1) is 0 Å². The van der Waals surface area contributed by atoms with Gasteiger partial charge < -0.3 is 10.0 Å². The predicted molar refractivity (Wildman–Crippen MR) is 50.0 cm³/mol. The van der Waals surface area contributed by atoms with Crippen molar-refractivity contribution in [1.29, 1.82) is 0 Å². The fourth-order valence-electron chi connectivity index (χ4n) is 1.77. The van der Waals surface area contributed by atoms with Gasteiger partial charge in [0.15, 0.2) is 0 Å². The number of alkyl halides is 1. The summed E-state index contributed by atoms with van der Waals surface area (Å²) in [6.07, 6.45) is -0.680. The molecule has 2 aliphatic heterocycles. The molecule has 0 spiro atoms. The number of carboxylic acids is 1. The van der Waals surface area contributed by atoms with E-state index in [2.05, 4.69) is 4.84 Å². The van der Waals surface area contributed by atoms with Crippen LogP contribution in [0, 0.1) is 0 Å². The Balaban J connectivity index is 2.13. The molecule has 1 saturated heterocycles. The lowest BCUT2D eigenvalue weighted by Crippen LogP contribution is -2.39. The Morgan fingerprint density at radius 1 is 1.75 bits per heavy atom. The largest absolute Gasteiger partial charge is 0.477 e. The number of amides is 2. The summed E-state index contributed by atoms with van der Waals surface area (Å²) < 4.78 is 12.9. The smallest absolute Gasteiger partial charge is 0.368 e. The molecule has 0 saturated carbocycles. The Morgan fingerprint density at radius 2 is 2.44 bits per heavy atom. The standard InChI is InChI=1S/C9H11FN2O4/c1-5-2-3-11-4-6(5)12(9(11)15)16-7(10)8(13)14/h2,6-7H,3-4H2,1H3,(H,13,14). The molecule has 2 heterocycles. The van der Waals surface area contributed by atoms with E-state index in [-0.39, 0.29) is 6.04 Å². The zero-order chi connectivity index (χ0) is 11.9. The molecule has 7 heteroatoms. The van der Waals surface area contributed by atoms with Crippen LogP contribution in [0.2, 0.25) is 0 Å². The van der Waals surface area contributed by atoms with E-state index in [1.165, 1.54) is 4.90 Å². The second kappa shape index (κ2) is 3.75. The number of carbonyl (C=O) groups is 2. The third-order valence-corrected chi connectivity index (χ3v) is 2.69. The van der Waals surface area contributed by atoms with Gasteiger partial charge in [-0.2, -0.15) is 5.06 Å². The number of hydrogen-bond acceptors (Lipinski definition) is 3. The van der Waals surface area contributed by atoms with E-state index in [9.17, 15) is 14.0 Å². The maximum Gasteiger partial charge on any atom is 0.368 e. The Bertz CT molecular complexity index is 371. The van der Waals surface area contributed by atoms with Crippen molar-refractivity contribution in [3.8, 4) is 0 Å². The minimum atomic E-state index is -2.52. The van der Waals surface area contributed by atoms with Gasteiger partial charge in [0.2, 0.25) is 0 Å². The number of fused-ring (bicyclic) bond motifs is 2. The second-order valence-electron chi connectivity index (χ2n) is 3.74. The molecule has 1 fully saturated rings. The minimum Gasteiger partial charge on any atom is -0.477 e. The maximum atomic E-state index is 12.9. The van der Waals surface area contributed by atoms with E-state index >= 15 is 0 Å². The fraction of sp³-hybridized carbons (Fsp3) is 0.556. The molecule has 88 valence electrons. The second-order valence-corrected chi connectivity index (χ2v) is 3.74. The van der Waals surface area contributed by atoms with Gasteiger partial charge in [0, 0.05) is 13.1 Å². The first-order chi connectivity index (χ1) is 7.50. The highest BCUT2D eigenvalue weighted by Crippen LogP contribution is 2.26. The van der Waals surface area contributed by atoms with Crippen molar-refractivity contribution in [1.82, 2.24) is 9.96 Å². The van der Waals surface area contributed by atoms with E-state index in [0.29, 0.717) is 13.1 Å². The summed E-state index contributed by atoms with van der Waals surface area (Å²) in [5, 5.41) is 9.17. The molecular formula is C9H11FN2O4. The van der Waals surface area contributed by atoms with E-state index in [0.717, 1.165) is 10.6 Å². The number of aliphatic carboxylic acids is 1. The lowest BCUT2D eigenvalue weighted by atomic mass is 10.1. The van der Waals surface area contributed by atoms with Crippen LogP contribution in [0.1, 0.15) is 6.92 Å². The quantitative estimate of drug-likeness (QED) is 0.711. The number of hydrogen-bond donors (Lipinski definition) is 1. The first-order valence-corrected chi connectivity index (χ1v) is 4.79. The summed E-state index contributed by atoms with van der Waals surface area (Å²) in [5.74, 6) is -1.74. The van der Waals surface area contributed by atoms with Crippen molar-refractivity contribution in [2.75, 3.05) is 13.1 Å². The normalized spacial score (nSPS) is 25.8. The molecule has 0 aliphatic carbocycles. The van der Waals surface area contributed by atoms with Crippen LogP contribution >= 0.6 is 0 Å². The van der Waals surface area contributed by atoms with Crippen LogP contribution in [0.5, 0.6) is 0 Å². The maximum absolute atomic E-state index is 12.9. The highest BCUT2D eigenvalue weighted by atomic mass is 19.1. The number of carboxylic acid groups (broad SMARTS) is 1. The van der Waals surface area contributed by atoms with Crippen LogP contribution in [-0.4, -0.2) is 52.6 Å². The van der Waals surface area contributed by atoms with Crippen LogP contribution in [0.3, 0.4) is 0 Å². The Labute approximate surface area is 90.8 Å². The monoisotopic (exact) mass is 230 g/mol. The van der Waals surface area contributed by atoms with Gasteiger partial charge in [-0.15, -0.1) is 0 Å². The summed E-state index contributed by atoms with van der Waals surface area (Å²) in [7, 11) is 0. The summed E-state index contributed by atoms with van der Waals surface area (Å²) in [4.78, 5) is 27.9. The van der Waals surface area contributed by atoms with Crippen LogP contribution in [0.4, 0.5) is 9.18 Å². The van der Waals surface area contributed by atoms with Crippen LogP contribution in [0.15, 0.2) is 11.6 Å². The third-order valence-electron chi connectivity index (χ3n) is 2.69. The summed E-state index contributed by atoms with van der Waals surface area (Å²) >= 11 is 0. The molecule has 2 atom stereocenters. The Hall–Kier alpha value is -1.63. The lowest BCUT2D eigenvalue weighted by Gasteiger charge is -2.22. The number of nitrogens with zero attached hydrogens (tertiary/aromatic N) is 2. The molecule has 0 radical (unpaired) electrons. The van der Waals surface area contributed by atoms with E-state index in [1.54, 1.807) is 6.92 Å². The zero-order valence-electron chi connectivity index (χ0n) is 8.59. The molecular weight excluding hydrogens is 219 g/mol. The van der Waals surface area contributed by atoms with Crippen molar-refractivity contribution in [3.05, 3.63) is 11.6 Å². The van der Waals surface area contributed by atoms with Crippen molar-refractivity contribution >= 4 is 12.0 Å². The van der Waals surface area contributed by atoms with Crippen molar-refractivity contribution in [3.63, 3.8) is 0 Å². The topological polar surface area (TPSA) is 70.1 Å². The number of urea groups is 1. The number of hydroxylamine groups is 2. The van der Waals surface area contributed by atoms with E-state index in [4.69, 9.17) is 5.11 Å². The Morgan fingerprint density at radius 3 is 3.06 bits per heavy atom. The molecule has 16 heavy (non-hydrogen) atoms. The molecule has 1 N–H and O–H groups in total. The van der Waals surface area contributed by atoms with Crippen LogP contribution < -0.4 is 0 Å². The molecule has 0 aromatic carbocycles. The van der Waals surface area contributed by atoms with Crippen molar-refractivity contribution in [2.45, 2.75) is 19.3 Å². The van der Waals surface area contributed by atoms with Gasteiger partial charge in [0.1, 0.15) is 6.04 Å². The lowest BCUT2D eigenvalue weighted by molar-refractivity contribution is -0.220. The Kier molecular flexibility index (Phi) is 2.55. The number of rotatable bonds is 3. The third kappa shape index (κ3) is 1.63. The van der Waals surface area contributed by atoms with Crippen LogP contribution in [-0.2, 0) is 9.63 Å². The molecule has 2 bridgehead atoms. The van der Waals surface area contributed by atoms with E-state index < -0.39 is 18.4 Å². The number of carbonyl (C=O) groups excluding carboxylic acids is 1. The first-order valence-electron chi connectivity index (χ1n) is 4.79. The van der Waals surface area contributed by atoms with Crippen molar-refractivity contribution in [2.24, 2.45) is 0 Å². The molecule has 0 aromatic heterocycles. The van der Waals surface area contributed by atoms with Gasteiger partial charge in [-0.25, -0.2) is 18.8 Å². The average molecular weight is 230 g/mol. The van der Waals surface area contributed by atoms with Gasteiger partial charge in [-0.05, 0) is 12.5 Å². The van der Waals surface area contributed by atoms with Gasteiger partial charge in [0.25, 0.3) is 0 Å².